The topological polar surface area (TPSA) is 151 Å². The molecule has 0 aliphatic carbocycles. The largest absolute Gasteiger partial charge is 0.493 e. The van der Waals surface area contributed by atoms with Crippen molar-refractivity contribution in [2.45, 2.75) is 33.1 Å². The van der Waals surface area contributed by atoms with Gasteiger partial charge in [0.15, 0.2) is 11.7 Å². The minimum Gasteiger partial charge on any atom is -0.493 e. The number of hydrogen-bond acceptors (Lipinski definition) is 9. The van der Waals surface area contributed by atoms with Gasteiger partial charge in [-0.05, 0) is 74.7 Å². The van der Waals surface area contributed by atoms with E-state index in [2.05, 4.69) is 24.9 Å². The molecule has 0 unspecified atom stereocenters. The van der Waals surface area contributed by atoms with Crippen LogP contribution >= 0.6 is 0 Å². The summed E-state index contributed by atoms with van der Waals surface area (Å²) in [6, 6.07) is 11.4. The fourth-order valence-electron chi connectivity index (χ4n) is 3.91. The number of carbonyl (C=O) groups excluding carboxylic acids is 2. The third-order valence-corrected chi connectivity index (χ3v) is 5.99. The first-order valence-electron chi connectivity index (χ1n) is 12.6. The molecule has 1 saturated heterocycles. The maximum absolute atomic E-state index is 14.3. The van der Waals surface area contributed by atoms with Gasteiger partial charge in [-0.15, -0.1) is 0 Å². The summed E-state index contributed by atoms with van der Waals surface area (Å²) in [5, 5.41) is 6.96. The van der Waals surface area contributed by atoms with Gasteiger partial charge in [-0.1, -0.05) is 10.3 Å². The van der Waals surface area contributed by atoms with Gasteiger partial charge in [-0.3, -0.25) is 0 Å². The summed E-state index contributed by atoms with van der Waals surface area (Å²) >= 11 is 0. The number of oxime groups is 2. The summed E-state index contributed by atoms with van der Waals surface area (Å²) in [5.41, 5.74) is 12.1. The van der Waals surface area contributed by atoms with Gasteiger partial charge in [0.25, 0.3) is 0 Å². The van der Waals surface area contributed by atoms with Crippen LogP contribution in [0.3, 0.4) is 0 Å². The molecule has 0 amide bonds. The first-order chi connectivity index (χ1) is 18.7. The van der Waals surface area contributed by atoms with E-state index in [1.807, 2.05) is 12.1 Å². The summed E-state index contributed by atoms with van der Waals surface area (Å²) in [4.78, 5) is 33.0. The van der Waals surface area contributed by atoms with Gasteiger partial charge >= 0.3 is 11.9 Å². The molecule has 12 heteroatoms. The molecule has 0 spiro atoms. The molecule has 3 rings (SSSR count). The predicted molar refractivity (Wildman–Crippen MR) is 143 cm³/mol. The van der Waals surface area contributed by atoms with E-state index in [0.717, 1.165) is 44.6 Å². The molecule has 4 N–H and O–H groups in total. The van der Waals surface area contributed by atoms with Crippen LogP contribution in [0.2, 0.25) is 0 Å². The highest BCUT2D eigenvalue weighted by Crippen LogP contribution is 2.21. The van der Waals surface area contributed by atoms with E-state index in [0.29, 0.717) is 30.4 Å². The number of piperidine rings is 1. The lowest BCUT2D eigenvalue weighted by Gasteiger charge is -2.31. The SMILES string of the molecule is CC(=O)ON=C(N)c1ccc(OCC2CCN(CCCOc3ccc(C(N)=NOC(C)=O)c(F)c3)CC2)cc1. The first-order valence-corrected chi connectivity index (χ1v) is 12.6. The summed E-state index contributed by atoms with van der Waals surface area (Å²) in [7, 11) is 0. The number of nitrogens with two attached hydrogens (primary N) is 2. The highest BCUT2D eigenvalue weighted by molar-refractivity contribution is 5.98. The summed E-state index contributed by atoms with van der Waals surface area (Å²) < 4.78 is 25.9. The normalized spacial score (nSPS) is 15.1. The van der Waals surface area contributed by atoms with Gasteiger partial charge in [-0.25, -0.2) is 14.0 Å². The fourth-order valence-corrected chi connectivity index (χ4v) is 3.91. The smallest absolute Gasteiger partial charge is 0.332 e. The molecule has 210 valence electrons. The standard InChI is InChI=1S/C27H34FN5O6/c1-18(34)38-31-26(29)21-4-6-22(7-5-21)37-17-20-10-13-33(14-11-20)12-3-15-36-23-8-9-24(25(28)16-23)27(30)32-39-19(2)35/h4-9,16,20H,3,10-15,17H2,1-2H3,(H2,29,31)(H2,30,32). The van der Waals surface area contributed by atoms with Crippen molar-refractivity contribution in [3.63, 3.8) is 0 Å². The minimum atomic E-state index is -0.643. The summed E-state index contributed by atoms with van der Waals surface area (Å²) in [5.74, 6) is -0.308. The van der Waals surface area contributed by atoms with Crippen molar-refractivity contribution in [1.82, 2.24) is 4.90 Å². The van der Waals surface area contributed by atoms with Gasteiger partial charge in [0.1, 0.15) is 17.3 Å². The van der Waals surface area contributed by atoms with Crippen LogP contribution in [0.1, 0.15) is 44.2 Å². The molecule has 0 atom stereocenters. The fraction of sp³-hybridized carbons (Fsp3) is 0.407. The van der Waals surface area contributed by atoms with Crippen LogP contribution in [0.15, 0.2) is 52.8 Å². The Balaban J connectivity index is 1.32. The Bertz CT molecular complexity index is 1180. The van der Waals surface area contributed by atoms with Crippen molar-refractivity contribution in [1.29, 1.82) is 0 Å². The van der Waals surface area contributed by atoms with Crippen LogP contribution in [-0.4, -0.2) is 61.4 Å². The van der Waals surface area contributed by atoms with Crippen LogP contribution in [-0.2, 0) is 19.3 Å². The lowest BCUT2D eigenvalue weighted by molar-refractivity contribution is -0.141. The van der Waals surface area contributed by atoms with E-state index >= 15 is 0 Å². The number of carbonyl (C=O) groups is 2. The van der Waals surface area contributed by atoms with Crippen LogP contribution in [0.25, 0.3) is 0 Å². The average Bonchev–Trinajstić information content (AvgIpc) is 2.92. The van der Waals surface area contributed by atoms with Crippen LogP contribution < -0.4 is 20.9 Å². The Morgan fingerprint density at radius 3 is 2.15 bits per heavy atom. The third-order valence-electron chi connectivity index (χ3n) is 5.99. The average molecular weight is 544 g/mol. The second-order valence-electron chi connectivity index (χ2n) is 9.08. The molecule has 1 aliphatic heterocycles. The summed E-state index contributed by atoms with van der Waals surface area (Å²) in [6.07, 6.45) is 2.87. The number of amidine groups is 2. The Morgan fingerprint density at radius 2 is 1.54 bits per heavy atom. The predicted octanol–water partition coefficient (Wildman–Crippen LogP) is 2.75. The minimum absolute atomic E-state index is 0.0304. The number of hydrogen-bond donors (Lipinski definition) is 2. The third kappa shape index (κ3) is 9.89. The molecule has 0 saturated carbocycles. The van der Waals surface area contributed by atoms with Crippen molar-refractivity contribution < 1.29 is 33.1 Å². The van der Waals surface area contributed by atoms with E-state index in [1.165, 1.54) is 26.0 Å². The van der Waals surface area contributed by atoms with Gasteiger partial charge in [-0.2, -0.15) is 0 Å². The molecule has 11 nitrogen and oxygen atoms in total. The maximum Gasteiger partial charge on any atom is 0.332 e. The van der Waals surface area contributed by atoms with Crippen molar-refractivity contribution >= 4 is 23.6 Å². The second kappa shape index (κ2) is 14.7. The zero-order chi connectivity index (χ0) is 28.2. The van der Waals surface area contributed by atoms with Crippen molar-refractivity contribution in [2.75, 3.05) is 32.8 Å². The van der Waals surface area contributed by atoms with Gasteiger partial charge in [0, 0.05) is 32.0 Å². The van der Waals surface area contributed by atoms with Crippen molar-refractivity contribution in [3.05, 3.63) is 59.4 Å². The molecule has 2 aromatic rings. The van der Waals surface area contributed by atoms with E-state index in [-0.39, 0.29) is 17.2 Å². The molecule has 1 aliphatic rings. The molecule has 39 heavy (non-hydrogen) atoms. The zero-order valence-corrected chi connectivity index (χ0v) is 22.1. The van der Waals surface area contributed by atoms with Gasteiger partial charge in [0.2, 0.25) is 0 Å². The van der Waals surface area contributed by atoms with E-state index in [4.69, 9.17) is 20.9 Å². The molecule has 0 radical (unpaired) electrons. The molecular formula is C27H34FN5O6. The Labute approximate surface area is 226 Å². The number of ether oxygens (including phenoxy) is 2. The Kier molecular flexibility index (Phi) is 11.0. The second-order valence-corrected chi connectivity index (χ2v) is 9.08. The quantitative estimate of drug-likeness (QED) is 0.135. The molecule has 1 fully saturated rings. The molecule has 0 aromatic heterocycles. The van der Waals surface area contributed by atoms with E-state index in [1.54, 1.807) is 18.2 Å². The number of likely N-dealkylation sites (tertiary alicyclic amines) is 1. The van der Waals surface area contributed by atoms with Crippen LogP contribution in [0, 0.1) is 11.7 Å². The van der Waals surface area contributed by atoms with Gasteiger partial charge < -0.3 is 35.5 Å². The number of nitrogens with zero attached hydrogens (tertiary/aromatic N) is 3. The molecule has 2 aromatic carbocycles. The molecular weight excluding hydrogens is 509 g/mol. The monoisotopic (exact) mass is 543 g/mol. The molecule has 1 heterocycles. The zero-order valence-electron chi connectivity index (χ0n) is 22.1. The number of halogens is 1. The van der Waals surface area contributed by atoms with Crippen molar-refractivity contribution in [2.24, 2.45) is 27.7 Å². The number of rotatable bonds is 12. The molecule has 0 bridgehead atoms. The van der Waals surface area contributed by atoms with E-state index < -0.39 is 17.8 Å². The highest BCUT2D eigenvalue weighted by Gasteiger charge is 2.19. The van der Waals surface area contributed by atoms with E-state index in [9.17, 15) is 14.0 Å². The highest BCUT2D eigenvalue weighted by atomic mass is 19.1. The lowest BCUT2D eigenvalue weighted by atomic mass is 9.98. The van der Waals surface area contributed by atoms with Gasteiger partial charge in [0.05, 0.1) is 18.8 Å². The Hall–Kier alpha value is -4.19. The first kappa shape index (κ1) is 29.4. The van der Waals surface area contributed by atoms with Crippen LogP contribution in [0.5, 0.6) is 11.5 Å². The Morgan fingerprint density at radius 1 is 0.923 bits per heavy atom. The maximum atomic E-state index is 14.3. The van der Waals surface area contributed by atoms with Crippen LogP contribution in [0.4, 0.5) is 4.39 Å². The van der Waals surface area contributed by atoms with Crippen molar-refractivity contribution in [3.8, 4) is 11.5 Å². The summed E-state index contributed by atoms with van der Waals surface area (Å²) in [6.45, 7) is 6.34. The number of benzene rings is 2. The lowest BCUT2D eigenvalue weighted by Crippen LogP contribution is -2.36.